The number of anilines is 1. The van der Waals surface area contributed by atoms with Crippen LogP contribution in [-0.4, -0.2) is 50.4 Å². The van der Waals surface area contributed by atoms with E-state index in [1.807, 2.05) is 54.3 Å². The molecule has 5 rings (SSSR count). The van der Waals surface area contributed by atoms with E-state index in [4.69, 9.17) is 4.42 Å². The number of piperazine rings is 1. The standard InChI is InChI=1S/C27H25N3O4S/c1-20-12-14-21(15-13-20)24-28-25(35(32,33)23-10-6-3-7-11-23)27(34-24)30-18-16-29(17-19-30)26(31)22-8-4-2-5-9-22/h2-15H,16-19H2,1H3. The molecule has 1 fully saturated rings. The molecule has 3 aromatic carbocycles. The van der Waals surface area contributed by atoms with Gasteiger partial charge in [-0.2, -0.15) is 4.98 Å². The maximum absolute atomic E-state index is 13.5. The van der Waals surface area contributed by atoms with Crippen LogP contribution in [0.1, 0.15) is 15.9 Å². The molecule has 4 aromatic rings. The average molecular weight is 488 g/mol. The Labute approximate surface area is 204 Å². The van der Waals surface area contributed by atoms with E-state index in [-0.39, 0.29) is 27.6 Å². The molecule has 7 nitrogen and oxygen atoms in total. The molecule has 0 unspecified atom stereocenters. The number of nitrogens with zero attached hydrogens (tertiary/aromatic N) is 3. The van der Waals surface area contributed by atoms with Gasteiger partial charge in [-0.15, -0.1) is 0 Å². The van der Waals surface area contributed by atoms with Crippen molar-refractivity contribution in [3.05, 3.63) is 96.1 Å². The van der Waals surface area contributed by atoms with Gasteiger partial charge in [0, 0.05) is 37.3 Å². The topological polar surface area (TPSA) is 83.7 Å². The highest BCUT2D eigenvalue weighted by Crippen LogP contribution is 2.35. The summed E-state index contributed by atoms with van der Waals surface area (Å²) in [4.78, 5) is 21.1. The highest BCUT2D eigenvalue weighted by Gasteiger charge is 2.33. The molecular formula is C27H25N3O4S. The number of oxazole rings is 1. The van der Waals surface area contributed by atoms with Crippen molar-refractivity contribution in [3.63, 3.8) is 0 Å². The molecule has 1 amide bonds. The Morgan fingerprint density at radius 3 is 2.06 bits per heavy atom. The van der Waals surface area contributed by atoms with Gasteiger partial charge in [-0.05, 0) is 43.3 Å². The summed E-state index contributed by atoms with van der Waals surface area (Å²) in [5.41, 5.74) is 2.41. The number of carbonyl (C=O) groups is 1. The molecule has 1 aliphatic heterocycles. The van der Waals surface area contributed by atoms with Crippen LogP contribution in [0.3, 0.4) is 0 Å². The number of hydrogen-bond donors (Lipinski definition) is 0. The maximum atomic E-state index is 13.5. The fraction of sp³-hybridized carbons (Fsp3) is 0.185. The van der Waals surface area contributed by atoms with E-state index < -0.39 is 9.84 Å². The van der Waals surface area contributed by atoms with Gasteiger partial charge in [0.25, 0.3) is 5.91 Å². The van der Waals surface area contributed by atoms with E-state index in [1.54, 1.807) is 47.4 Å². The molecule has 0 aliphatic carbocycles. The maximum Gasteiger partial charge on any atom is 0.253 e. The monoisotopic (exact) mass is 487 g/mol. The first-order valence-electron chi connectivity index (χ1n) is 11.4. The van der Waals surface area contributed by atoms with Gasteiger partial charge in [0.2, 0.25) is 26.6 Å². The first kappa shape index (κ1) is 22.9. The number of sulfone groups is 1. The second-order valence-electron chi connectivity index (χ2n) is 8.46. The minimum absolute atomic E-state index is 0.0414. The normalized spacial score (nSPS) is 14.2. The van der Waals surface area contributed by atoms with Crippen LogP contribution in [0.4, 0.5) is 5.88 Å². The van der Waals surface area contributed by atoms with Crippen molar-refractivity contribution in [3.8, 4) is 11.5 Å². The van der Waals surface area contributed by atoms with Crippen LogP contribution >= 0.6 is 0 Å². The van der Waals surface area contributed by atoms with Gasteiger partial charge in [-0.25, -0.2) is 8.42 Å². The third-order valence-electron chi connectivity index (χ3n) is 6.06. The number of amides is 1. The van der Waals surface area contributed by atoms with Crippen LogP contribution in [0.15, 0.2) is 99.3 Å². The molecule has 0 radical (unpaired) electrons. The first-order valence-corrected chi connectivity index (χ1v) is 12.9. The van der Waals surface area contributed by atoms with Crippen LogP contribution in [-0.2, 0) is 9.84 Å². The van der Waals surface area contributed by atoms with E-state index in [0.29, 0.717) is 37.3 Å². The summed E-state index contributed by atoms with van der Waals surface area (Å²) in [7, 11) is -3.91. The molecule has 0 atom stereocenters. The largest absolute Gasteiger partial charge is 0.419 e. The number of benzene rings is 3. The summed E-state index contributed by atoms with van der Waals surface area (Å²) >= 11 is 0. The second-order valence-corrected chi connectivity index (χ2v) is 10.3. The number of carbonyl (C=O) groups excluding carboxylic acids is 1. The molecule has 0 spiro atoms. The number of rotatable bonds is 5. The third kappa shape index (κ3) is 4.57. The summed E-state index contributed by atoms with van der Waals surface area (Å²) in [5.74, 6) is 0.411. The summed E-state index contributed by atoms with van der Waals surface area (Å²) in [6.07, 6.45) is 0. The third-order valence-corrected chi connectivity index (χ3v) is 7.73. The molecule has 35 heavy (non-hydrogen) atoms. The molecule has 0 N–H and O–H groups in total. The average Bonchev–Trinajstić information content (AvgIpc) is 3.36. The van der Waals surface area contributed by atoms with Crippen LogP contribution < -0.4 is 4.90 Å². The molecule has 0 bridgehead atoms. The van der Waals surface area contributed by atoms with Crippen molar-refractivity contribution in [1.82, 2.24) is 9.88 Å². The van der Waals surface area contributed by atoms with Crippen molar-refractivity contribution < 1.29 is 17.6 Å². The number of aryl methyl sites for hydroxylation is 1. The smallest absolute Gasteiger partial charge is 0.253 e. The Morgan fingerprint density at radius 1 is 0.829 bits per heavy atom. The Hall–Kier alpha value is -3.91. The van der Waals surface area contributed by atoms with E-state index in [0.717, 1.165) is 5.56 Å². The van der Waals surface area contributed by atoms with Crippen molar-refractivity contribution in [2.75, 3.05) is 31.1 Å². The summed E-state index contributed by atoms with van der Waals surface area (Å²) in [6.45, 7) is 3.72. The lowest BCUT2D eigenvalue weighted by atomic mass is 10.1. The zero-order valence-corrected chi connectivity index (χ0v) is 20.1. The van der Waals surface area contributed by atoms with Gasteiger partial charge in [0.05, 0.1) is 4.90 Å². The first-order chi connectivity index (χ1) is 16.9. The Bertz CT molecular complexity index is 1430. The van der Waals surface area contributed by atoms with E-state index >= 15 is 0 Å². The minimum Gasteiger partial charge on any atom is -0.419 e. The molecule has 178 valence electrons. The number of aromatic nitrogens is 1. The Balaban J connectivity index is 1.47. The molecule has 8 heteroatoms. The zero-order valence-electron chi connectivity index (χ0n) is 19.3. The van der Waals surface area contributed by atoms with Gasteiger partial charge in [0.1, 0.15) is 0 Å². The predicted molar refractivity (Wildman–Crippen MR) is 133 cm³/mol. The Morgan fingerprint density at radius 2 is 1.43 bits per heavy atom. The van der Waals surface area contributed by atoms with E-state index in [2.05, 4.69) is 4.98 Å². The molecule has 0 saturated carbocycles. The lowest BCUT2D eigenvalue weighted by molar-refractivity contribution is 0.0745. The van der Waals surface area contributed by atoms with Crippen molar-refractivity contribution in [2.45, 2.75) is 16.8 Å². The second kappa shape index (κ2) is 9.38. The molecular weight excluding hydrogens is 462 g/mol. The van der Waals surface area contributed by atoms with E-state index in [1.165, 1.54) is 0 Å². The van der Waals surface area contributed by atoms with Gasteiger partial charge in [-0.3, -0.25) is 4.79 Å². The van der Waals surface area contributed by atoms with Crippen LogP contribution in [0.2, 0.25) is 0 Å². The van der Waals surface area contributed by atoms with Crippen LogP contribution in [0.5, 0.6) is 0 Å². The minimum atomic E-state index is -3.91. The fourth-order valence-electron chi connectivity index (χ4n) is 4.08. The molecule has 2 heterocycles. The molecule has 1 aliphatic rings. The van der Waals surface area contributed by atoms with Gasteiger partial charge in [-0.1, -0.05) is 54.1 Å². The van der Waals surface area contributed by atoms with Crippen molar-refractivity contribution in [2.24, 2.45) is 0 Å². The van der Waals surface area contributed by atoms with Crippen LogP contribution in [0.25, 0.3) is 11.5 Å². The SMILES string of the molecule is Cc1ccc(-c2nc(S(=O)(=O)c3ccccc3)c(N3CCN(C(=O)c4ccccc4)CC3)o2)cc1. The fourth-order valence-corrected chi connectivity index (χ4v) is 5.42. The highest BCUT2D eigenvalue weighted by atomic mass is 32.2. The predicted octanol–water partition coefficient (Wildman–Crippen LogP) is 4.45. The molecule has 1 saturated heterocycles. The lowest BCUT2D eigenvalue weighted by Crippen LogP contribution is -2.49. The van der Waals surface area contributed by atoms with Gasteiger partial charge >= 0.3 is 0 Å². The lowest BCUT2D eigenvalue weighted by Gasteiger charge is -2.34. The van der Waals surface area contributed by atoms with Gasteiger partial charge < -0.3 is 14.2 Å². The highest BCUT2D eigenvalue weighted by molar-refractivity contribution is 7.91. The van der Waals surface area contributed by atoms with Gasteiger partial charge in [0.15, 0.2) is 0 Å². The summed E-state index contributed by atoms with van der Waals surface area (Å²) in [5, 5.41) is -0.109. The van der Waals surface area contributed by atoms with E-state index in [9.17, 15) is 13.2 Å². The number of hydrogen-bond acceptors (Lipinski definition) is 6. The quantitative estimate of drug-likeness (QED) is 0.414. The van der Waals surface area contributed by atoms with Crippen LogP contribution in [0, 0.1) is 6.92 Å². The Kier molecular flexibility index (Phi) is 6.13. The summed E-state index contributed by atoms with van der Waals surface area (Å²) < 4.78 is 33.2. The zero-order chi connectivity index (χ0) is 24.4. The van der Waals surface area contributed by atoms with Crippen molar-refractivity contribution >= 4 is 21.6 Å². The molecule has 1 aromatic heterocycles. The summed E-state index contributed by atoms with van der Waals surface area (Å²) in [6, 6.07) is 25.0. The van der Waals surface area contributed by atoms with Crippen molar-refractivity contribution in [1.29, 1.82) is 0 Å².